The summed E-state index contributed by atoms with van der Waals surface area (Å²) in [6, 6.07) is 11.1. The van der Waals surface area contributed by atoms with Gasteiger partial charge in [-0.15, -0.1) is 0 Å². The maximum absolute atomic E-state index is 10.5. The quantitative estimate of drug-likeness (QED) is 0.644. The fourth-order valence-corrected chi connectivity index (χ4v) is 3.13. The van der Waals surface area contributed by atoms with Crippen molar-refractivity contribution in [1.29, 1.82) is 0 Å². The van der Waals surface area contributed by atoms with E-state index in [1.54, 1.807) is 0 Å². The molecule has 0 fully saturated rings. The molecule has 0 spiro atoms. The lowest BCUT2D eigenvalue weighted by Crippen LogP contribution is -2.36. The van der Waals surface area contributed by atoms with E-state index in [9.17, 15) is 10.2 Å². The minimum absolute atomic E-state index is 0.369. The molecule has 2 unspecified atom stereocenters. The molecule has 5 nitrogen and oxygen atoms in total. The second kappa shape index (κ2) is 4.83. The van der Waals surface area contributed by atoms with Crippen molar-refractivity contribution in [3.63, 3.8) is 0 Å². The number of aromatic nitrogens is 2. The molecule has 5 heteroatoms. The number of benzene rings is 1. The molecule has 0 saturated carbocycles. The molecule has 22 heavy (non-hydrogen) atoms. The fourth-order valence-electron chi connectivity index (χ4n) is 3.13. The number of aliphatic hydroxyl groups is 2. The van der Waals surface area contributed by atoms with Gasteiger partial charge in [-0.05, 0) is 18.6 Å². The van der Waals surface area contributed by atoms with E-state index in [4.69, 9.17) is 0 Å². The van der Waals surface area contributed by atoms with Gasteiger partial charge in [-0.1, -0.05) is 30.3 Å². The Morgan fingerprint density at radius 1 is 1.14 bits per heavy atom. The molecule has 0 aliphatic carbocycles. The van der Waals surface area contributed by atoms with Crippen LogP contribution in [0.4, 0.5) is 5.69 Å². The Hall–Kier alpha value is -2.37. The molecule has 0 saturated heterocycles. The first kappa shape index (κ1) is 13.3. The van der Waals surface area contributed by atoms with Gasteiger partial charge in [-0.2, -0.15) is 0 Å². The van der Waals surface area contributed by atoms with E-state index < -0.39 is 12.2 Å². The highest BCUT2D eigenvalue weighted by atomic mass is 16.3. The molecule has 0 bridgehead atoms. The maximum Gasteiger partial charge on any atom is 0.160 e. The number of rotatable bonds is 1. The van der Waals surface area contributed by atoms with Crippen LogP contribution in [0, 0.1) is 6.92 Å². The first-order chi connectivity index (χ1) is 10.6. The molecular weight excluding hydrogens is 278 g/mol. The lowest BCUT2D eigenvalue weighted by molar-refractivity contribution is 0.00198. The van der Waals surface area contributed by atoms with Crippen LogP contribution in [0.25, 0.3) is 5.65 Å². The second-order valence-electron chi connectivity index (χ2n) is 5.73. The molecule has 4 rings (SSSR count). The third-order valence-electron chi connectivity index (χ3n) is 4.22. The highest BCUT2D eigenvalue weighted by molar-refractivity contribution is 5.74. The van der Waals surface area contributed by atoms with E-state index in [1.165, 1.54) is 0 Å². The van der Waals surface area contributed by atoms with E-state index in [0.717, 1.165) is 22.6 Å². The van der Waals surface area contributed by atoms with Gasteiger partial charge in [0.25, 0.3) is 0 Å². The Balaban J connectivity index is 1.88. The van der Waals surface area contributed by atoms with Gasteiger partial charge in [0, 0.05) is 18.0 Å². The van der Waals surface area contributed by atoms with Crippen LogP contribution in [-0.2, 0) is 0 Å². The summed E-state index contributed by atoms with van der Waals surface area (Å²) in [5.74, 6) is 0. The van der Waals surface area contributed by atoms with Crippen LogP contribution in [0.5, 0.6) is 0 Å². The Bertz CT molecular complexity index is 829. The summed E-state index contributed by atoms with van der Waals surface area (Å²) in [7, 11) is 0. The first-order valence-electron chi connectivity index (χ1n) is 7.31. The van der Waals surface area contributed by atoms with Crippen LogP contribution in [0.2, 0.25) is 0 Å². The van der Waals surface area contributed by atoms with E-state index >= 15 is 0 Å². The number of aliphatic hydroxyl groups excluding tert-OH is 2. The SMILES string of the molecule is Cc1cn2ccc3c(c2n1)NC(c1ccccc1)C(O)[C@@H]3O. The average Bonchev–Trinajstić information content (AvgIpc) is 2.92. The largest absolute Gasteiger partial charge is 0.388 e. The number of hydrogen-bond donors (Lipinski definition) is 3. The van der Waals surface area contributed by atoms with Gasteiger partial charge < -0.3 is 19.9 Å². The van der Waals surface area contributed by atoms with Crippen molar-refractivity contribution in [2.45, 2.75) is 25.2 Å². The molecule has 0 amide bonds. The molecule has 0 radical (unpaired) electrons. The minimum atomic E-state index is -0.941. The normalized spacial score (nSPS) is 24.0. The number of hydrogen-bond acceptors (Lipinski definition) is 4. The number of pyridine rings is 1. The zero-order chi connectivity index (χ0) is 15.3. The summed E-state index contributed by atoms with van der Waals surface area (Å²) in [6.45, 7) is 1.93. The Morgan fingerprint density at radius 3 is 2.68 bits per heavy atom. The summed E-state index contributed by atoms with van der Waals surface area (Å²) in [6.07, 6.45) is 1.94. The Labute approximate surface area is 127 Å². The summed E-state index contributed by atoms with van der Waals surface area (Å²) < 4.78 is 1.92. The van der Waals surface area contributed by atoms with Crippen LogP contribution in [0.15, 0.2) is 48.8 Å². The molecule has 3 aromatic rings. The van der Waals surface area contributed by atoms with Crippen LogP contribution in [-0.4, -0.2) is 25.7 Å². The summed E-state index contributed by atoms with van der Waals surface area (Å²) in [5.41, 5.74) is 4.07. The number of fused-ring (bicyclic) bond motifs is 3. The standard InChI is InChI=1S/C17H17N3O2/c1-10-9-20-8-7-12-14(17(20)18-10)19-13(16(22)15(12)21)11-5-3-2-4-6-11/h2-9,13,15-16,19,21-22H,1H3/t13?,15-,16?/m1/s1. The van der Waals surface area contributed by atoms with Gasteiger partial charge in [0.2, 0.25) is 0 Å². The van der Waals surface area contributed by atoms with Gasteiger partial charge in [0.15, 0.2) is 5.65 Å². The van der Waals surface area contributed by atoms with Crippen molar-refractivity contribution >= 4 is 11.3 Å². The van der Waals surface area contributed by atoms with Gasteiger partial charge in [0.05, 0.1) is 17.4 Å². The molecule has 3 atom stereocenters. The number of anilines is 1. The second-order valence-corrected chi connectivity index (χ2v) is 5.73. The van der Waals surface area contributed by atoms with E-state index in [0.29, 0.717) is 5.56 Å². The van der Waals surface area contributed by atoms with Crippen molar-refractivity contribution in [2.75, 3.05) is 5.32 Å². The predicted octanol–water partition coefficient (Wildman–Crippen LogP) is 2.20. The monoisotopic (exact) mass is 295 g/mol. The van der Waals surface area contributed by atoms with Crippen LogP contribution in [0.1, 0.15) is 29.0 Å². The lowest BCUT2D eigenvalue weighted by Gasteiger charge is -2.35. The smallest absolute Gasteiger partial charge is 0.160 e. The van der Waals surface area contributed by atoms with Crippen molar-refractivity contribution < 1.29 is 10.2 Å². The van der Waals surface area contributed by atoms with Crippen molar-refractivity contribution in [1.82, 2.24) is 9.38 Å². The lowest BCUT2D eigenvalue weighted by atomic mass is 9.89. The van der Waals surface area contributed by atoms with Crippen molar-refractivity contribution in [3.05, 3.63) is 65.6 Å². The Morgan fingerprint density at radius 2 is 1.91 bits per heavy atom. The topological polar surface area (TPSA) is 69.8 Å². The Kier molecular flexibility index (Phi) is 2.92. The highest BCUT2D eigenvalue weighted by Gasteiger charge is 2.36. The van der Waals surface area contributed by atoms with Crippen LogP contribution >= 0.6 is 0 Å². The fraction of sp³-hybridized carbons (Fsp3) is 0.235. The predicted molar refractivity (Wildman–Crippen MR) is 83.7 cm³/mol. The highest BCUT2D eigenvalue weighted by Crippen LogP contribution is 2.40. The third-order valence-corrected chi connectivity index (χ3v) is 4.22. The van der Waals surface area contributed by atoms with E-state index in [1.807, 2.05) is 60.1 Å². The number of nitrogens with zero attached hydrogens (tertiary/aromatic N) is 2. The van der Waals surface area contributed by atoms with Crippen molar-refractivity contribution in [2.24, 2.45) is 0 Å². The molecule has 112 valence electrons. The van der Waals surface area contributed by atoms with Gasteiger partial charge in [0.1, 0.15) is 12.2 Å². The summed E-state index contributed by atoms with van der Waals surface area (Å²) in [4.78, 5) is 4.52. The molecule has 2 aromatic heterocycles. The van der Waals surface area contributed by atoms with Gasteiger partial charge in [-0.25, -0.2) is 4.98 Å². The number of nitrogens with one attached hydrogen (secondary N) is 1. The minimum Gasteiger partial charge on any atom is -0.388 e. The average molecular weight is 295 g/mol. The third kappa shape index (κ3) is 1.90. The molecule has 1 aromatic carbocycles. The number of aryl methyl sites for hydroxylation is 1. The van der Waals surface area contributed by atoms with Crippen LogP contribution in [0.3, 0.4) is 0 Å². The summed E-state index contributed by atoms with van der Waals surface area (Å²) in [5, 5.41) is 24.3. The van der Waals surface area contributed by atoms with Crippen LogP contribution < -0.4 is 5.32 Å². The zero-order valence-electron chi connectivity index (χ0n) is 12.1. The van der Waals surface area contributed by atoms with Gasteiger partial charge in [-0.3, -0.25) is 0 Å². The molecule has 3 heterocycles. The molecule has 1 aliphatic rings. The molecular formula is C17H17N3O2. The van der Waals surface area contributed by atoms with Gasteiger partial charge >= 0.3 is 0 Å². The molecule has 3 N–H and O–H groups in total. The summed E-state index contributed by atoms with van der Waals surface area (Å²) >= 11 is 0. The van der Waals surface area contributed by atoms with Crippen molar-refractivity contribution in [3.8, 4) is 0 Å². The molecule has 1 aliphatic heterocycles. The maximum atomic E-state index is 10.5. The zero-order valence-corrected chi connectivity index (χ0v) is 12.1. The first-order valence-corrected chi connectivity index (χ1v) is 7.31. The van der Waals surface area contributed by atoms with E-state index in [2.05, 4.69) is 10.3 Å². The number of imidazole rings is 1. The van der Waals surface area contributed by atoms with E-state index in [-0.39, 0.29) is 6.04 Å².